The smallest absolute Gasteiger partial charge is 0.342 e. The first kappa shape index (κ1) is 15.3. The van der Waals surface area contributed by atoms with Gasteiger partial charge in [-0.05, 0) is 18.2 Å². The summed E-state index contributed by atoms with van der Waals surface area (Å²) in [6.07, 6.45) is 0. The maximum Gasteiger partial charge on any atom is 0.342 e. The van der Waals surface area contributed by atoms with Crippen molar-refractivity contribution in [3.05, 3.63) is 23.8 Å². The molecule has 0 aliphatic rings. The van der Waals surface area contributed by atoms with Gasteiger partial charge in [-0.15, -0.1) is 0 Å². The summed E-state index contributed by atoms with van der Waals surface area (Å²) in [7, 11) is 3.08. The summed E-state index contributed by atoms with van der Waals surface area (Å²) in [6.45, 7) is 1.47. The minimum absolute atomic E-state index is 0.167. The summed E-state index contributed by atoms with van der Waals surface area (Å²) < 4.78 is 20.1. The highest BCUT2D eigenvalue weighted by atomic mass is 16.6. The number of carbonyl (C=O) groups excluding carboxylic acids is 1. The molecule has 0 atom stereocenters. The largest absolute Gasteiger partial charge is 0.496 e. The molecule has 0 aromatic heterocycles. The zero-order chi connectivity index (χ0) is 14.1. The number of carbonyl (C=O) groups is 1. The van der Waals surface area contributed by atoms with E-state index in [-0.39, 0.29) is 6.61 Å². The molecule has 6 nitrogen and oxygen atoms in total. The van der Waals surface area contributed by atoms with Gasteiger partial charge in [0, 0.05) is 12.8 Å². The number of esters is 1. The quantitative estimate of drug-likeness (QED) is 0.432. The Morgan fingerprint density at radius 3 is 2.58 bits per heavy atom. The number of nitrogen functional groups attached to an aromatic ring is 1. The second kappa shape index (κ2) is 8.34. The monoisotopic (exact) mass is 269 g/mol. The molecule has 1 aromatic rings. The fourth-order valence-electron chi connectivity index (χ4n) is 1.40. The van der Waals surface area contributed by atoms with E-state index >= 15 is 0 Å². The van der Waals surface area contributed by atoms with Crippen LogP contribution >= 0.6 is 0 Å². The van der Waals surface area contributed by atoms with Crippen LogP contribution in [0.5, 0.6) is 5.75 Å². The van der Waals surface area contributed by atoms with Crippen molar-refractivity contribution in [2.75, 3.05) is 46.4 Å². The highest BCUT2D eigenvalue weighted by Crippen LogP contribution is 2.21. The molecule has 0 fully saturated rings. The third-order valence-corrected chi connectivity index (χ3v) is 2.34. The molecule has 0 saturated heterocycles. The maximum atomic E-state index is 11.8. The van der Waals surface area contributed by atoms with Gasteiger partial charge < -0.3 is 24.7 Å². The Balaban J connectivity index is 2.43. The summed E-state index contributed by atoms with van der Waals surface area (Å²) >= 11 is 0. The molecule has 0 unspecified atom stereocenters. The lowest BCUT2D eigenvalue weighted by molar-refractivity contribution is 0.0211. The van der Waals surface area contributed by atoms with E-state index in [0.717, 1.165) is 0 Å². The van der Waals surface area contributed by atoms with Crippen molar-refractivity contribution in [1.29, 1.82) is 0 Å². The molecule has 0 aliphatic heterocycles. The van der Waals surface area contributed by atoms with Crippen LogP contribution in [0.15, 0.2) is 18.2 Å². The predicted octanol–water partition coefficient (Wildman–Crippen LogP) is 1.10. The van der Waals surface area contributed by atoms with Crippen LogP contribution in [0.2, 0.25) is 0 Å². The number of hydrogen-bond donors (Lipinski definition) is 1. The van der Waals surface area contributed by atoms with Gasteiger partial charge in [-0.25, -0.2) is 4.79 Å². The van der Waals surface area contributed by atoms with Gasteiger partial charge in [0.25, 0.3) is 0 Å². The third kappa shape index (κ3) is 5.15. The lowest BCUT2D eigenvalue weighted by Crippen LogP contribution is -2.13. The van der Waals surface area contributed by atoms with Crippen molar-refractivity contribution in [3.8, 4) is 5.75 Å². The maximum absolute atomic E-state index is 11.8. The average molecular weight is 269 g/mol. The Bertz CT molecular complexity index is 408. The van der Waals surface area contributed by atoms with E-state index in [1.54, 1.807) is 19.2 Å². The first-order valence-corrected chi connectivity index (χ1v) is 5.86. The van der Waals surface area contributed by atoms with E-state index in [1.807, 2.05) is 0 Å². The van der Waals surface area contributed by atoms with Crippen LogP contribution in [0.25, 0.3) is 0 Å². The standard InChI is InChI=1S/C13H19NO5/c1-16-5-6-18-7-8-19-13(15)11-9-10(14)3-4-12(11)17-2/h3-4,9H,5-8,14H2,1-2H3. The highest BCUT2D eigenvalue weighted by molar-refractivity contribution is 5.93. The third-order valence-electron chi connectivity index (χ3n) is 2.34. The zero-order valence-electron chi connectivity index (χ0n) is 11.2. The molecule has 19 heavy (non-hydrogen) atoms. The molecule has 0 radical (unpaired) electrons. The van der Waals surface area contributed by atoms with E-state index in [0.29, 0.717) is 36.8 Å². The van der Waals surface area contributed by atoms with Gasteiger partial charge in [-0.3, -0.25) is 0 Å². The molecule has 0 heterocycles. The number of benzene rings is 1. The second-order valence-electron chi connectivity index (χ2n) is 3.70. The molecular formula is C13H19NO5. The van der Waals surface area contributed by atoms with Crippen LogP contribution < -0.4 is 10.5 Å². The molecule has 1 rings (SSSR count). The molecule has 1 aromatic carbocycles. The van der Waals surface area contributed by atoms with Crippen molar-refractivity contribution >= 4 is 11.7 Å². The van der Waals surface area contributed by atoms with Crippen molar-refractivity contribution < 1.29 is 23.7 Å². The Morgan fingerprint density at radius 2 is 1.89 bits per heavy atom. The Morgan fingerprint density at radius 1 is 1.16 bits per heavy atom. The van der Waals surface area contributed by atoms with Crippen LogP contribution in [0.3, 0.4) is 0 Å². The van der Waals surface area contributed by atoms with Gasteiger partial charge in [-0.1, -0.05) is 0 Å². The number of rotatable bonds is 8. The second-order valence-corrected chi connectivity index (χ2v) is 3.70. The topological polar surface area (TPSA) is 80.0 Å². The summed E-state index contributed by atoms with van der Waals surface area (Å²) in [5.41, 5.74) is 6.41. The van der Waals surface area contributed by atoms with Gasteiger partial charge in [0.05, 0.1) is 26.9 Å². The fraction of sp³-hybridized carbons (Fsp3) is 0.462. The first-order valence-electron chi connectivity index (χ1n) is 5.86. The SMILES string of the molecule is COCCOCCOC(=O)c1cc(N)ccc1OC. The molecule has 0 saturated carbocycles. The van der Waals surface area contributed by atoms with Gasteiger partial charge in [-0.2, -0.15) is 0 Å². The number of ether oxygens (including phenoxy) is 4. The minimum Gasteiger partial charge on any atom is -0.496 e. The lowest BCUT2D eigenvalue weighted by Gasteiger charge is -2.09. The number of methoxy groups -OCH3 is 2. The van der Waals surface area contributed by atoms with E-state index in [2.05, 4.69) is 0 Å². The predicted molar refractivity (Wildman–Crippen MR) is 70.4 cm³/mol. The normalized spacial score (nSPS) is 10.2. The molecule has 2 N–H and O–H groups in total. The molecule has 0 spiro atoms. The van der Waals surface area contributed by atoms with E-state index in [1.165, 1.54) is 13.2 Å². The fourth-order valence-corrected chi connectivity index (χ4v) is 1.40. The molecular weight excluding hydrogens is 250 g/mol. The van der Waals surface area contributed by atoms with Gasteiger partial charge in [0.15, 0.2) is 0 Å². The van der Waals surface area contributed by atoms with Crippen molar-refractivity contribution in [2.24, 2.45) is 0 Å². The van der Waals surface area contributed by atoms with Crippen molar-refractivity contribution in [1.82, 2.24) is 0 Å². The average Bonchev–Trinajstić information content (AvgIpc) is 2.42. The highest BCUT2D eigenvalue weighted by Gasteiger charge is 2.13. The number of anilines is 1. The number of hydrogen-bond acceptors (Lipinski definition) is 6. The van der Waals surface area contributed by atoms with Crippen LogP contribution in [-0.4, -0.2) is 46.6 Å². The van der Waals surface area contributed by atoms with E-state index < -0.39 is 5.97 Å². The Hall–Kier alpha value is -1.79. The van der Waals surface area contributed by atoms with Crippen molar-refractivity contribution in [2.45, 2.75) is 0 Å². The van der Waals surface area contributed by atoms with Crippen LogP contribution in [-0.2, 0) is 14.2 Å². The summed E-state index contributed by atoms with van der Waals surface area (Å²) in [5.74, 6) is -0.0565. The van der Waals surface area contributed by atoms with Crippen LogP contribution in [0.1, 0.15) is 10.4 Å². The van der Waals surface area contributed by atoms with Gasteiger partial charge in [0.2, 0.25) is 0 Å². The summed E-state index contributed by atoms with van der Waals surface area (Å²) in [6, 6.07) is 4.80. The molecule has 0 amide bonds. The molecule has 6 heteroatoms. The minimum atomic E-state index is -0.487. The lowest BCUT2D eigenvalue weighted by atomic mass is 10.2. The van der Waals surface area contributed by atoms with Crippen molar-refractivity contribution in [3.63, 3.8) is 0 Å². The van der Waals surface area contributed by atoms with Gasteiger partial charge >= 0.3 is 5.97 Å². The van der Waals surface area contributed by atoms with Crippen LogP contribution in [0.4, 0.5) is 5.69 Å². The summed E-state index contributed by atoms with van der Waals surface area (Å²) in [4.78, 5) is 11.8. The van der Waals surface area contributed by atoms with Gasteiger partial charge in [0.1, 0.15) is 17.9 Å². The zero-order valence-corrected chi connectivity index (χ0v) is 11.2. The Kier molecular flexibility index (Phi) is 6.70. The molecule has 106 valence electrons. The molecule has 0 bridgehead atoms. The van der Waals surface area contributed by atoms with E-state index in [4.69, 9.17) is 24.7 Å². The Labute approximate surface area is 112 Å². The van der Waals surface area contributed by atoms with E-state index in [9.17, 15) is 4.79 Å². The number of nitrogens with two attached hydrogens (primary N) is 1. The molecule has 0 aliphatic carbocycles. The van der Waals surface area contributed by atoms with Crippen LogP contribution in [0, 0.1) is 0 Å². The summed E-state index contributed by atoms with van der Waals surface area (Å²) in [5, 5.41) is 0. The first-order chi connectivity index (χ1) is 9.19.